The molecular weight excluding hydrogens is 372 g/mol. The lowest BCUT2D eigenvalue weighted by Gasteiger charge is -2.09. The van der Waals surface area contributed by atoms with E-state index in [0.29, 0.717) is 27.5 Å². The minimum absolute atomic E-state index is 0.113. The molecule has 0 aliphatic carbocycles. The van der Waals surface area contributed by atoms with Gasteiger partial charge in [-0.15, -0.1) is 0 Å². The van der Waals surface area contributed by atoms with Crippen molar-refractivity contribution in [2.75, 3.05) is 18.5 Å². The van der Waals surface area contributed by atoms with Gasteiger partial charge < -0.3 is 19.8 Å². The molecule has 2 rings (SSSR count). The van der Waals surface area contributed by atoms with Crippen molar-refractivity contribution in [2.24, 2.45) is 0 Å². The first kappa shape index (κ1) is 20.5. The Hall–Kier alpha value is -2.80. The molecule has 0 spiro atoms. The summed E-state index contributed by atoms with van der Waals surface area (Å²) in [5.41, 5.74) is 2.69. The zero-order valence-electron chi connectivity index (χ0n) is 15.6. The highest BCUT2D eigenvalue weighted by Crippen LogP contribution is 2.21. The SMILES string of the molecule is CCOC(=O)c1c(C)[nH]c(C(=O)OCC(=O)Nc2cc(Cl)ccc2C)c1C. The van der Waals surface area contributed by atoms with Gasteiger partial charge in [0.1, 0.15) is 5.69 Å². The highest BCUT2D eigenvalue weighted by molar-refractivity contribution is 6.31. The van der Waals surface area contributed by atoms with Crippen LogP contribution in [0.1, 0.15) is 44.6 Å². The molecule has 2 N–H and O–H groups in total. The summed E-state index contributed by atoms with van der Waals surface area (Å²) in [5, 5.41) is 3.12. The van der Waals surface area contributed by atoms with Gasteiger partial charge in [-0.05, 0) is 51.0 Å². The van der Waals surface area contributed by atoms with Crippen LogP contribution >= 0.6 is 11.6 Å². The number of ether oxygens (including phenoxy) is 2. The first-order valence-electron chi connectivity index (χ1n) is 8.34. The summed E-state index contributed by atoms with van der Waals surface area (Å²) in [6.45, 7) is 6.54. The number of rotatable bonds is 6. The van der Waals surface area contributed by atoms with E-state index in [1.807, 2.05) is 6.92 Å². The standard InChI is InChI=1S/C19H21ClN2O5/c1-5-26-18(24)16-11(3)17(21-12(16)4)19(25)27-9-15(23)22-14-8-13(20)7-6-10(14)2/h6-8,21H,5,9H2,1-4H3,(H,22,23). The second kappa shape index (κ2) is 8.73. The number of nitrogens with one attached hydrogen (secondary N) is 2. The molecule has 0 saturated heterocycles. The van der Waals surface area contributed by atoms with Crippen molar-refractivity contribution < 1.29 is 23.9 Å². The fraction of sp³-hybridized carbons (Fsp3) is 0.316. The number of H-pyrrole nitrogens is 1. The molecular formula is C19H21ClN2O5. The Morgan fingerprint density at radius 1 is 1.11 bits per heavy atom. The molecule has 8 heteroatoms. The number of amides is 1. The lowest BCUT2D eigenvalue weighted by Crippen LogP contribution is -2.21. The zero-order chi connectivity index (χ0) is 20.1. The fourth-order valence-corrected chi connectivity index (χ4v) is 2.75. The van der Waals surface area contributed by atoms with Crippen LogP contribution in [0, 0.1) is 20.8 Å². The molecule has 0 aliphatic heterocycles. The summed E-state index contributed by atoms with van der Waals surface area (Å²) < 4.78 is 10.0. The molecule has 0 radical (unpaired) electrons. The van der Waals surface area contributed by atoms with Crippen molar-refractivity contribution in [3.63, 3.8) is 0 Å². The van der Waals surface area contributed by atoms with Gasteiger partial charge in [0, 0.05) is 16.4 Å². The first-order valence-corrected chi connectivity index (χ1v) is 8.71. The third-order valence-corrected chi connectivity index (χ3v) is 4.16. The van der Waals surface area contributed by atoms with Crippen molar-refractivity contribution in [3.05, 3.63) is 51.3 Å². The second-order valence-corrected chi connectivity index (χ2v) is 6.37. The number of hydrogen-bond acceptors (Lipinski definition) is 5. The van der Waals surface area contributed by atoms with Crippen LogP contribution in [0.3, 0.4) is 0 Å². The monoisotopic (exact) mass is 392 g/mol. The summed E-state index contributed by atoms with van der Waals surface area (Å²) >= 11 is 5.91. The number of halogens is 1. The molecule has 0 aliphatic rings. The van der Waals surface area contributed by atoms with Crippen molar-refractivity contribution in [1.82, 2.24) is 4.98 Å². The largest absolute Gasteiger partial charge is 0.462 e. The number of aromatic amines is 1. The van der Waals surface area contributed by atoms with Crippen molar-refractivity contribution >= 4 is 35.1 Å². The Labute approximate surface area is 162 Å². The highest BCUT2D eigenvalue weighted by Gasteiger charge is 2.24. The van der Waals surface area contributed by atoms with Gasteiger partial charge in [0.2, 0.25) is 0 Å². The maximum absolute atomic E-state index is 12.3. The molecule has 0 bridgehead atoms. The number of carbonyl (C=O) groups is 3. The summed E-state index contributed by atoms with van der Waals surface area (Å²) in [6, 6.07) is 5.09. The summed E-state index contributed by atoms with van der Waals surface area (Å²) in [5.74, 6) is -1.75. The van der Waals surface area contributed by atoms with Crippen LogP contribution in [0.25, 0.3) is 0 Å². The normalized spacial score (nSPS) is 10.4. The lowest BCUT2D eigenvalue weighted by molar-refractivity contribution is -0.119. The van der Waals surface area contributed by atoms with Crippen LogP contribution in [0.15, 0.2) is 18.2 Å². The van der Waals surface area contributed by atoms with E-state index >= 15 is 0 Å². The summed E-state index contributed by atoms with van der Waals surface area (Å²) in [7, 11) is 0. The van der Waals surface area contributed by atoms with E-state index in [1.54, 1.807) is 39.0 Å². The minimum atomic E-state index is -0.732. The predicted molar refractivity (Wildman–Crippen MR) is 101 cm³/mol. The number of carbonyl (C=O) groups excluding carboxylic acids is 3. The third-order valence-electron chi connectivity index (χ3n) is 3.93. The molecule has 2 aromatic rings. The van der Waals surface area contributed by atoms with E-state index in [1.165, 1.54) is 0 Å². The predicted octanol–water partition coefficient (Wildman–Crippen LogP) is 3.57. The molecule has 1 aromatic carbocycles. The molecule has 7 nitrogen and oxygen atoms in total. The highest BCUT2D eigenvalue weighted by atomic mass is 35.5. The maximum atomic E-state index is 12.3. The van der Waals surface area contributed by atoms with Gasteiger partial charge in [0.15, 0.2) is 6.61 Å². The maximum Gasteiger partial charge on any atom is 0.355 e. The van der Waals surface area contributed by atoms with E-state index in [2.05, 4.69) is 10.3 Å². The molecule has 1 aromatic heterocycles. The van der Waals surface area contributed by atoms with E-state index < -0.39 is 24.5 Å². The third kappa shape index (κ3) is 4.89. The van der Waals surface area contributed by atoms with Crippen LogP contribution in [-0.4, -0.2) is 36.0 Å². The van der Waals surface area contributed by atoms with Crippen LogP contribution in [0.4, 0.5) is 5.69 Å². The number of aryl methyl sites for hydroxylation is 2. The molecule has 0 fully saturated rings. The van der Waals surface area contributed by atoms with Gasteiger partial charge in [0.05, 0.1) is 12.2 Å². The average Bonchev–Trinajstić information content (AvgIpc) is 2.91. The van der Waals surface area contributed by atoms with Crippen LogP contribution in [-0.2, 0) is 14.3 Å². The van der Waals surface area contributed by atoms with E-state index in [0.717, 1.165) is 5.56 Å². The van der Waals surface area contributed by atoms with Crippen molar-refractivity contribution in [1.29, 1.82) is 0 Å². The zero-order valence-corrected chi connectivity index (χ0v) is 16.3. The van der Waals surface area contributed by atoms with Gasteiger partial charge >= 0.3 is 11.9 Å². The van der Waals surface area contributed by atoms with E-state index in [-0.39, 0.29) is 12.3 Å². The second-order valence-electron chi connectivity index (χ2n) is 5.93. The van der Waals surface area contributed by atoms with E-state index in [9.17, 15) is 14.4 Å². The lowest BCUT2D eigenvalue weighted by atomic mass is 10.1. The fourth-order valence-electron chi connectivity index (χ4n) is 2.58. The number of aromatic nitrogens is 1. The van der Waals surface area contributed by atoms with Gasteiger partial charge in [-0.25, -0.2) is 9.59 Å². The van der Waals surface area contributed by atoms with Gasteiger partial charge in [-0.2, -0.15) is 0 Å². The molecule has 0 atom stereocenters. The Morgan fingerprint density at radius 3 is 2.48 bits per heavy atom. The Kier molecular flexibility index (Phi) is 6.63. The van der Waals surface area contributed by atoms with E-state index in [4.69, 9.17) is 21.1 Å². The molecule has 0 unspecified atom stereocenters. The Morgan fingerprint density at radius 2 is 1.81 bits per heavy atom. The van der Waals surface area contributed by atoms with Crippen molar-refractivity contribution in [3.8, 4) is 0 Å². The first-order chi connectivity index (χ1) is 12.7. The minimum Gasteiger partial charge on any atom is -0.462 e. The van der Waals surface area contributed by atoms with Crippen LogP contribution < -0.4 is 5.32 Å². The summed E-state index contributed by atoms with van der Waals surface area (Å²) in [6.07, 6.45) is 0. The van der Waals surface area contributed by atoms with Crippen LogP contribution in [0.5, 0.6) is 0 Å². The summed E-state index contributed by atoms with van der Waals surface area (Å²) in [4.78, 5) is 39.1. The number of benzene rings is 1. The molecule has 1 amide bonds. The van der Waals surface area contributed by atoms with Gasteiger partial charge in [-0.3, -0.25) is 4.79 Å². The van der Waals surface area contributed by atoms with Gasteiger partial charge in [-0.1, -0.05) is 17.7 Å². The Bertz CT molecular complexity index is 888. The smallest absolute Gasteiger partial charge is 0.355 e. The van der Waals surface area contributed by atoms with Crippen LogP contribution in [0.2, 0.25) is 5.02 Å². The van der Waals surface area contributed by atoms with Gasteiger partial charge in [0.25, 0.3) is 5.91 Å². The van der Waals surface area contributed by atoms with Crippen molar-refractivity contribution in [2.45, 2.75) is 27.7 Å². The topological polar surface area (TPSA) is 97.5 Å². The quantitative estimate of drug-likeness (QED) is 0.732. The number of hydrogen-bond donors (Lipinski definition) is 2. The molecule has 0 saturated carbocycles. The number of esters is 2. The molecule has 1 heterocycles. The number of anilines is 1. The molecule has 27 heavy (non-hydrogen) atoms. The Balaban J connectivity index is 2.03. The molecule has 144 valence electrons. The average molecular weight is 393 g/mol.